The molecule has 3 rings (SSSR count). The van der Waals surface area contributed by atoms with Gasteiger partial charge >= 0.3 is 0 Å². The van der Waals surface area contributed by atoms with Gasteiger partial charge < -0.3 is 10.1 Å². The van der Waals surface area contributed by atoms with Crippen LogP contribution in [0.4, 0.5) is 5.69 Å². The molecule has 2 aromatic rings. The van der Waals surface area contributed by atoms with Crippen LogP contribution in [0.2, 0.25) is 0 Å². The van der Waals surface area contributed by atoms with Crippen LogP contribution in [0.25, 0.3) is 5.57 Å². The molecule has 3 nitrogen and oxygen atoms in total. The Balaban J connectivity index is 2.19. The zero-order valence-electron chi connectivity index (χ0n) is 10.6. The summed E-state index contributed by atoms with van der Waals surface area (Å²) < 4.78 is 5.88. The maximum absolute atomic E-state index is 12.1. The lowest BCUT2D eigenvalue weighted by molar-refractivity contribution is -0.111. The molecule has 0 fully saturated rings. The molecular weight excluding hydrogens is 238 g/mol. The number of ether oxygens (including phenoxy) is 1. The second kappa shape index (κ2) is 4.28. The largest absolute Gasteiger partial charge is 0.455 e. The molecule has 1 amide bonds. The van der Waals surface area contributed by atoms with Crippen molar-refractivity contribution in [1.82, 2.24) is 0 Å². The number of hydrogen-bond acceptors (Lipinski definition) is 2. The van der Waals surface area contributed by atoms with Crippen molar-refractivity contribution in [2.24, 2.45) is 0 Å². The smallest absolute Gasteiger partial charge is 0.255 e. The van der Waals surface area contributed by atoms with E-state index >= 15 is 0 Å². The first-order valence-electron chi connectivity index (χ1n) is 6.03. The maximum Gasteiger partial charge on any atom is 0.255 e. The number of hydrogen-bond donors (Lipinski definition) is 1. The second-order valence-electron chi connectivity index (χ2n) is 4.53. The van der Waals surface area contributed by atoms with Gasteiger partial charge in [-0.3, -0.25) is 4.79 Å². The van der Waals surface area contributed by atoms with E-state index in [2.05, 4.69) is 11.9 Å². The first-order valence-corrected chi connectivity index (χ1v) is 6.03. The fraction of sp³-hybridized carbons (Fsp3) is 0.0625. The molecule has 1 N–H and O–H groups in total. The Hall–Kier alpha value is -2.55. The van der Waals surface area contributed by atoms with Crippen molar-refractivity contribution >= 4 is 17.2 Å². The van der Waals surface area contributed by atoms with E-state index in [1.807, 2.05) is 49.4 Å². The highest BCUT2D eigenvalue weighted by Gasteiger charge is 2.20. The lowest BCUT2D eigenvalue weighted by Gasteiger charge is -2.19. The Morgan fingerprint density at radius 3 is 2.74 bits per heavy atom. The minimum absolute atomic E-state index is 0.206. The van der Waals surface area contributed by atoms with Gasteiger partial charge in [-0.05, 0) is 30.7 Å². The average molecular weight is 251 g/mol. The van der Waals surface area contributed by atoms with E-state index in [1.54, 1.807) is 0 Å². The van der Waals surface area contributed by atoms with E-state index in [-0.39, 0.29) is 5.91 Å². The highest BCUT2D eigenvalue weighted by molar-refractivity contribution is 6.25. The van der Waals surface area contributed by atoms with Crippen LogP contribution in [-0.2, 0) is 4.79 Å². The average Bonchev–Trinajstić information content (AvgIpc) is 2.40. The molecule has 1 aliphatic rings. The molecule has 0 spiro atoms. The predicted octanol–water partition coefficient (Wildman–Crippen LogP) is 3.75. The van der Waals surface area contributed by atoms with Crippen LogP contribution in [0.15, 0.2) is 49.0 Å². The molecule has 3 heteroatoms. The summed E-state index contributed by atoms with van der Waals surface area (Å²) in [5.74, 6) is 1.08. The number of benzene rings is 2. The quantitative estimate of drug-likeness (QED) is 0.724. The summed E-state index contributed by atoms with van der Waals surface area (Å²) in [6.45, 7) is 5.81. The second-order valence-corrected chi connectivity index (χ2v) is 4.53. The van der Waals surface area contributed by atoms with Gasteiger partial charge in [-0.1, -0.05) is 30.8 Å². The normalized spacial score (nSPS) is 13.5. The number of rotatable bonds is 0. The molecule has 0 radical (unpaired) electrons. The Morgan fingerprint density at radius 1 is 1.11 bits per heavy atom. The van der Waals surface area contributed by atoms with Gasteiger partial charge in [-0.25, -0.2) is 0 Å². The topological polar surface area (TPSA) is 38.3 Å². The van der Waals surface area contributed by atoms with Crippen LogP contribution in [0.3, 0.4) is 0 Å². The van der Waals surface area contributed by atoms with Gasteiger partial charge in [0.1, 0.15) is 5.75 Å². The lowest BCUT2D eigenvalue weighted by atomic mass is 10.0. The zero-order valence-corrected chi connectivity index (χ0v) is 10.6. The third-order valence-electron chi connectivity index (χ3n) is 3.09. The fourth-order valence-electron chi connectivity index (χ4n) is 2.07. The van der Waals surface area contributed by atoms with Gasteiger partial charge in [0.15, 0.2) is 5.75 Å². The Morgan fingerprint density at radius 2 is 1.89 bits per heavy atom. The Bertz CT molecular complexity index is 689. The molecule has 0 unspecified atom stereocenters. The van der Waals surface area contributed by atoms with E-state index < -0.39 is 0 Å². The monoisotopic (exact) mass is 251 g/mol. The van der Waals surface area contributed by atoms with E-state index in [9.17, 15) is 4.79 Å². The molecule has 0 aromatic heterocycles. The summed E-state index contributed by atoms with van der Waals surface area (Å²) in [6.07, 6.45) is 0. The number of carbonyl (C=O) groups excluding carboxylic acids is 1. The molecule has 1 heterocycles. The molecule has 19 heavy (non-hydrogen) atoms. The van der Waals surface area contributed by atoms with Gasteiger partial charge in [0, 0.05) is 11.1 Å². The Labute approximate surface area is 111 Å². The number of nitrogens with one attached hydrogen (secondary N) is 1. The van der Waals surface area contributed by atoms with Crippen LogP contribution >= 0.6 is 0 Å². The van der Waals surface area contributed by atoms with E-state index in [1.165, 1.54) is 0 Å². The predicted molar refractivity (Wildman–Crippen MR) is 75.4 cm³/mol. The summed E-state index contributed by atoms with van der Waals surface area (Å²) >= 11 is 0. The number of fused-ring (bicyclic) bond motifs is 2. The molecule has 0 saturated heterocycles. The van der Waals surface area contributed by atoms with Crippen molar-refractivity contribution in [2.75, 3.05) is 5.32 Å². The minimum atomic E-state index is -0.206. The number of carbonyl (C=O) groups is 1. The summed E-state index contributed by atoms with van der Waals surface area (Å²) in [6, 6.07) is 13.1. The van der Waals surface area contributed by atoms with Gasteiger partial charge in [0.05, 0.1) is 5.69 Å². The first-order chi connectivity index (χ1) is 9.15. The molecular formula is C16H13NO2. The third kappa shape index (κ3) is 1.99. The zero-order chi connectivity index (χ0) is 13.4. The van der Waals surface area contributed by atoms with Crippen LogP contribution < -0.4 is 10.1 Å². The summed E-state index contributed by atoms with van der Waals surface area (Å²) in [7, 11) is 0. The van der Waals surface area contributed by atoms with E-state index in [4.69, 9.17) is 4.74 Å². The van der Waals surface area contributed by atoms with Crippen molar-refractivity contribution in [3.63, 3.8) is 0 Å². The number of anilines is 1. The van der Waals surface area contributed by atoms with Crippen molar-refractivity contribution in [2.45, 2.75) is 6.92 Å². The van der Waals surface area contributed by atoms with E-state index in [0.717, 1.165) is 5.56 Å². The highest BCUT2D eigenvalue weighted by atomic mass is 16.5. The molecule has 0 bridgehead atoms. The number of amides is 1. The van der Waals surface area contributed by atoms with Crippen LogP contribution in [0, 0.1) is 6.92 Å². The van der Waals surface area contributed by atoms with Gasteiger partial charge in [-0.15, -0.1) is 0 Å². The third-order valence-corrected chi connectivity index (χ3v) is 3.09. The van der Waals surface area contributed by atoms with E-state index in [0.29, 0.717) is 28.3 Å². The number of aryl methyl sites for hydroxylation is 1. The van der Waals surface area contributed by atoms with Crippen molar-refractivity contribution in [3.8, 4) is 11.5 Å². The summed E-state index contributed by atoms with van der Waals surface area (Å²) in [5, 5.41) is 2.83. The van der Waals surface area contributed by atoms with Gasteiger partial charge in [0.25, 0.3) is 5.91 Å². The molecule has 0 saturated carbocycles. The molecule has 94 valence electrons. The van der Waals surface area contributed by atoms with Gasteiger partial charge in [0.2, 0.25) is 0 Å². The van der Waals surface area contributed by atoms with Gasteiger partial charge in [-0.2, -0.15) is 0 Å². The van der Waals surface area contributed by atoms with Crippen LogP contribution in [0.1, 0.15) is 11.1 Å². The van der Waals surface area contributed by atoms with Crippen LogP contribution in [-0.4, -0.2) is 5.91 Å². The minimum Gasteiger partial charge on any atom is -0.455 e. The number of para-hydroxylation sites is 1. The Kier molecular flexibility index (Phi) is 2.60. The van der Waals surface area contributed by atoms with Crippen LogP contribution in [0.5, 0.6) is 11.5 Å². The molecule has 0 atom stereocenters. The summed E-state index contributed by atoms with van der Waals surface area (Å²) in [4.78, 5) is 12.1. The first kappa shape index (κ1) is 11.5. The van der Waals surface area contributed by atoms with Crippen molar-refractivity contribution in [1.29, 1.82) is 0 Å². The summed E-state index contributed by atoms with van der Waals surface area (Å²) in [5.41, 5.74) is 2.84. The highest BCUT2D eigenvalue weighted by Crippen LogP contribution is 2.37. The lowest BCUT2D eigenvalue weighted by Crippen LogP contribution is -2.16. The molecule has 0 aliphatic carbocycles. The molecule has 1 aliphatic heterocycles. The van der Waals surface area contributed by atoms with Crippen molar-refractivity contribution in [3.05, 3.63) is 60.2 Å². The molecule has 2 aromatic carbocycles. The SMILES string of the molecule is C=C1C(=O)Nc2cc(C)ccc2Oc2ccccc21. The van der Waals surface area contributed by atoms with Crippen molar-refractivity contribution < 1.29 is 9.53 Å². The fourth-order valence-corrected chi connectivity index (χ4v) is 2.07. The maximum atomic E-state index is 12.1. The standard InChI is InChI=1S/C16H13NO2/c1-10-7-8-15-13(9-10)17-16(18)11(2)12-5-3-4-6-14(12)19-15/h3-9H,2H2,1H3,(H,17,18).